The number of benzene rings is 1. The summed E-state index contributed by atoms with van der Waals surface area (Å²) in [6, 6.07) is 13.1. The van der Waals surface area contributed by atoms with Crippen LogP contribution in [0.15, 0.2) is 53.0 Å². The second-order valence-electron chi connectivity index (χ2n) is 5.24. The van der Waals surface area contributed by atoms with Gasteiger partial charge in [-0.3, -0.25) is 4.79 Å². The van der Waals surface area contributed by atoms with Gasteiger partial charge in [0.1, 0.15) is 11.5 Å². The number of carbonyl (C=O) groups excluding carboxylic acids is 1. The predicted octanol–water partition coefficient (Wildman–Crippen LogP) is 6.17. The molecule has 0 aliphatic rings. The van der Waals surface area contributed by atoms with Crippen molar-refractivity contribution in [1.29, 1.82) is 0 Å². The smallest absolute Gasteiger partial charge is 0.187 e. The van der Waals surface area contributed by atoms with Crippen molar-refractivity contribution in [2.24, 2.45) is 0 Å². The number of thiophene rings is 1. The third-order valence-corrected chi connectivity index (χ3v) is 4.64. The number of hydrogen-bond acceptors (Lipinski definition) is 3. The van der Waals surface area contributed by atoms with Gasteiger partial charge in [0.15, 0.2) is 5.78 Å². The number of rotatable bonds is 4. The van der Waals surface area contributed by atoms with E-state index in [2.05, 4.69) is 0 Å². The number of allylic oxidation sites excluding steroid dienone is 1. The molecule has 0 N–H and O–H groups in total. The summed E-state index contributed by atoms with van der Waals surface area (Å²) >= 11 is 7.62. The molecule has 4 heteroatoms. The van der Waals surface area contributed by atoms with E-state index >= 15 is 0 Å². The van der Waals surface area contributed by atoms with Gasteiger partial charge in [-0.1, -0.05) is 23.7 Å². The van der Waals surface area contributed by atoms with Gasteiger partial charge in [-0.2, -0.15) is 0 Å². The molecule has 0 spiro atoms. The molecule has 0 fully saturated rings. The van der Waals surface area contributed by atoms with Crippen LogP contribution in [0.2, 0.25) is 5.02 Å². The average molecular weight is 343 g/mol. The van der Waals surface area contributed by atoms with Crippen LogP contribution in [0, 0.1) is 13.8 Å². The molecule has 0 saturated carbocycles. The molecular weight excluding hydrogens is 328 g/mol. The second kappa shape index (κ2) is 6.57. The highest BCUT2D eigenvalue weighted by atomic mass is 35.5. The van der Waals surface area contributed by atoms with E-state index in [0.29, 0.717) is 10.8 Å². The fourth-order valence-electron chi connectivity index (χ4n) is 2.36. The van der Waals surface area contributed by atoms with E-state index in [0.717, 1.165) is 26.6 Å². The molecule has 0 radical (unpaired) electrons. The topological polar surface area (TPSA) is 30.2 Å². The van der Waals surface area contributed by atoms with Gasteiger partial charge in [0.05, 0.1) is 0 Å². The van der Waals surface area contributed by atoms with Crippen LogP contribution >= 0.6 is 22.9 Å². The largest absolute Gasteiger partial charge is 0.457 e. The van der Waals surface area contributed by atoms with Crippen LogP contribution in [0.5, 0.6) is 0 Å². The van der Waals surface area contributed by atoms with Gasteiger partial charge in [0.25, 0.3) is 0 Å². The minimum absolute atomic E-state index is 0.00689. The molecule has 0 saturated heterocycles. The summed E-state index contributed by atoms with van der Waals surface area (Å²) in [6.45, 7) is 3.96. The molecule has 0 amide bonds. The van der Waals surface area contributed by atoms with E-state index in [1.165, 1.54) is 0 Å². The van der Waals surface area contributed by atoms with Gasteiger partial charge in [-0.05, 0) is 56.3 Å². The van der Waals surface area contributed by atoms with E-state index in [1.54, 1.807) is 23.5 Å². The quantitative estimate of drug-likeness (QED) is 0.419. The minimum atomic E-state index is -0.00689. The molecule has 1 aromatic carbocycles. The van der Waals surface area contributed by atoms with Crippen LogP contribution in [-0.2, 0) is 0 Å². The van der Waals surface area contributed by atoms with Crippen molar-refractivity contribution in [3.8, 4) is 11.3 Å². The zero-order chi connectivity index (χ0) is 16.4. The second-order valence-corrected chi connectivity index (χ2v) is 7.13. The molecular formula is C19H15ClO2S. The first-order valence-corrected chi connectivity index (χ1v) is 8.37. The molecule has 0 aliphatic heterocycles. The van der Waals surface area contributed by atoms with E-state index in [-0.39, 0.29) is 5.78 Å². The first kappa shape index (κ1) is 15.8. The molecule has 3 rings (SSSR count). The first-order chi connectivity index (χ1) is 11.0. The van der Waals surface area contributed by atoms with Crippen molar-refractivity contribution in [2.75, 3.05) is 0 Å². The molecule has 23 heavy (non-hydrogen) atoms. The maximum absolute atomic E-state index is 12.2. The monoisotopic (exact) mass is 342 g/mol. The summed E-state index contributed by atoms with van der Waals surface area (Å²) in [7, 11) is 0. The number of ketones is 1. The van der Waals surface area contributed by atoms with Gasteiger partial charge in [-0.25, -0.2) is 0 Å². The summed E-state index contributed by atoms with van der Waals surface area (Å²) in [5.41, 5.74) is 1.66. The highest BCUT2D eigenvalue weighted by Crippen LogP contribution is 2.26. The molecule has 2 heterocycles. The normalized spacial score (nSPS) is 11.3. The summed E-state index contributed by atoms with van der Waals surface area (Å²) in [5.74, 6) is 1.35. The van der Waals surface area contributed by atoms with Gasteiger partial charge in [-0.15, -0.1) is 11.3 Å². The number of halogens is 1. The van der Waals surface area contributed by atoms with Crippen molar-refractivity contribution in [1.82, 2.24) is 0 Å². The highest BCUT2D eigenvalue weighted by Gasteiger charge is 2.09. The minimum Gasteiger partial charge on any atom is -0.457 e. The molecule has 2 nitrogen and oxygen atoms in total. The highest BCUT2D eigenvalue weighted by molar-refractivity contribution is 7.12. The van der Waals surface area contributed by atoms with E-state index < -0.39 is 0 Å². The zero-order valence-electron chi connectivity index (χ0n) is 12.8. The molecule has 0 unspecified atom stereocenters. The van der Waals surface area contributed by atoms with Gasteiger partial charge in [0, 0.05) is 25.9 Å². The van der Waals surface area contributed by atoms with E-state index in [1.807, 2.05) is 56.3 Å². The van der Waals surface area contributed by atoms with Gasteiger partial charge in [0.2, 0.25) is 0 Å². The Kier molecular flexibility index (Phi) is 4.51. The van der Waals surface area contributed by atoms with Crippen molar-refractivity contribution in [3.63, 3.8) is 0 Å². The van der Waals surface area contributed by atoms with Gasteiger partial charge < -0.3 is 4.42 Å². The lowest BCUT2D eigenvalue weighted by atomic mass is 10.1. The Morgan fingerprint density at radius 1 is 1.17 bits per heavy atom. The standard InChI is InChI=1S/C19H15ClO2S/c1-12-10-17(13(2)23-12)18(21)8-6-16-7-9-19(22-16)14-4-3-5-15(20)11-14/h3-11H,1-2H3/b8-6+. The Bertz CT molecular complexity index is 886. The lowest BCUT2D eigenvalue weighted by molar-refractivity contribution is 0.104. The summed E-state index contributed by atoms with van der Waals surface area (Å²) in [5, 5.41) is 0.662. The molecule has 0 atom stereocenters. The van der Waals surface area contributed by atoms with Crippen LogP contribution in [0.4, 0.5) is 0 Å². The summed E-state index contributed by atoms with van der Waals surface area (Å²) < 4.78 is 5.75. The number of carbonyl (C=O) groups is 1. The fraction of sp³-hybridized carbons (Fsp3) is 0.105. The number of aryl methyl sites for hydroxylation is 2. The molecule has 0 bridgehead atoms. The summed E-state index contributed by atoms with van der Waals surface area (Å²) in [6.07, 6.45) is 3.25. The Balaban J connectivity index is 1.79. The van der Waals surface area contributed by atoms with Gasteiger partial charge >= 0.3 is 0 Å². The Labute approximate surface area is 144 Å². The molecule has 116 valence electrons. The van der Waals surface area contributed by atoms with Crippen molar-refractivity contribution >= 4 is 34.8 Å². The maximum Gasteiger partial charge on any atom is 0.187 e. The van der Waals surface area contributed by atoms with Crippen molar-refractivity contribution in [2.45, 2.75) is 13.8 Å². The zero-order valence-corrected chi connectivity index (χ0v) is 14.4. The van der Waals surface area contributed by atoms with Crippen LogP contribution in [0.3, 0.4) is 0 Å². The molecule has 0 aliphatic carbocycles. The third-order valence-electron chi connectivity index (χ3n) is 3.44. The molecule has 2 aromatic heterocycles. The van der Waals surface area contributed by atoms with Crippen LogP contribution in [0.25, 0.3) is 17.4 Å². The summed E-state index contributed by atoms with van der Waals surface area (Å²) in [4.78, 5) is 14.4. The molecule has 3 aromatic rings. The van der Waals surface area contributed by atoms with Crippen LogP contribution < -0.4 is 0 Å². The van der Waals surface area contributed by atoms with Crippen LogP contribution in [-0.4, -0.2) is 5.78 Å². The Morgan fingerprint density at radius 3 is 2.70 bits per heavy atom. The van der Waals surface area contributed by atoms with E-state index in [9.17, 15) is 4.79 Å². The maximum atomic E-state index is 12.2. The Hall–Kier alpha value is -2.10. The number of furan rings is 1. The SMILES string of the molecule is Cc1cc(C(=O)/C=C/c2ccc(-c3cccc(Cl)c3)o2)c(C)s1. The number of hydrogen-bond donors (Lipinski definition) is 0. The predicted molar refractivity (Wildman–Crippen MR) is 96.3 cm³/mol. The lowest BCUT2D eigenvalue weighted by Crippen LogP contribution is -1.93. The fourth-order valence-corrected chi connectivity index (χ4v) is 3.48. The van der Waals surface area contributed by atoms with Crippen molar-refractivity contribution < 1.29 is 9.21 Å². The Morgan fingerprint density at radius 2 is 2.00 bits per heavy atom. The van der Waals surface area contributed by atoms with Crippen molar-refractivity contribution in [3.05, 3.63) is 74.6 Å². The lowest BCUT2D eigenvalue weighted by Gasteiger charge is -1.97. The first-order valence-electron chi connectivity index (χ1n) is 7.18. The third kappa shape index (κ3) is 3.63. The van der Waals surface area contributed by atoms with Crippen LogP contribution in [0.1, 0.15) is 25.9 Å². The average Bonchev–Trinajstić information content (AvgIpc) is 3.11. The van der Waals surface area contributed by atoms with E-state index in [4.69, 9.17) is 16.0 Å².